The van der Waals surface area contributed by atoms with Gasteiger partial charge in [-0.15, -0.1) is 0 Å². The molecule has 1 unspecified atom stereocenters. The van der Waals surface area contributed by atoms with Crippen molar-refractivity contribution < 1.29 is 4.39 Å². The van der Waals surface area contributed by atoms with Crippen molar-refractivity contribution in [3.63, 3.8) is 0 Å². The summed E-state index contributed by atoms with van der Waals surface area (Å²) in [7, 11) is 0. The minimum Gasteiger partial charge on any atom is -0.398 e. The average Bonchev–Trinajstić information content (AvgIpc) is 2.44. The van der Waals surface area contributed by atoms with Crippen LogP contribution in [0.3, 0.4) is 0 Å². The molecule has 5 N–H and O–H groups in total. The summed E-state index contributed by atoms with van der Waals surface area (Å²) in [5, 5.41) is 0. The highest BCUT2D eigenvalue weighted by atomic mass is 19.1. The molecule has 3 nitrogen and oxygen atoms in total. The maximum absolute atomic E-state index is 13.4. The van der Waals surface area contributed by atoms with Gasteiger partial charge >= 0.3 is 0 Å². The lowest BCUT2D eigenvalue weighted by Gasteiger charge is -2.34. The van der Waals surface area contributed by atoms with Crippen molar-refractivity contribution in [2.24, 2.45) is 17.7 Å². The predicted molar refractivity (Wildman–Crippen MR) is 76.6 cm³/mol. The number of rotatable bonds is 4. The number of nitrogens with one attached hydrogen (secondary N) is 1. The molecule has 1 atom stereocenters. The summed E-state index contributed by atoms with van der Waals surface area (Å²) < 4.78 is 13.4. The fraction of sp³-hybridized carbons (Fsp3) is 0.600. The highest BCUT2D eigenvalue weighted by Crippen LogP contribution is 2.39. The smallest absolute Gasteiger partial charge is 0.123 e. The molecule has 0 aromatic heterocycles. The monoisotopic (exact) mass is 265 g/mol. The number of hydrogen-bond acceptors (Lipinski definition) is 3. The largest absolute Gasteiger partial charge is 0.398 e. The van der Waals surface area contributed by atoms with Gasteiger partial charge in [-0.3, -0.25) is 11.3 Å². The molecule has 2 rings (SSSR count). The number of anilines is 1. The van der Waals surface area contributed by atoms with Crippen LogP contribution in [0, 0.1) is 17.7 Å². The van der Waals surface area contributed by atoms with Crippen LogP contribution in [0.4, 0.5) is 10.1 Å². The van der Waals surface area contributed by atoms with Crippen molar-refractivity contribution in [1.82, 2.24) is 5.43 Å². The zero-order valence-electron chi connectivity index (χ0n) is 11.5. The zero-order chi connectivity index (χ0) is 13.8. The summed E-state index contributed by atoms with van der Waals surface area (Å²) in [5.74, 6) is 6.71. The van der Waals surface area contributed by atoms with Crippen LogP contribution < -0.4 is 17.0 Å². The van der Waals surface area contributed by atoms with Gasteiger partial charge in [0.05, 0.1) is 6.04 Å². The van der Waals surface area contributed by atoms with Crippen molar-refractivity contribution >= 4 is 5.69 Å². The van der Waals surface area contributed by atoms with Crippen molar-refractivity contribution in [2.75, 3.05) is 5.73 Å². The standard InChI is InChI=1S/C15H24FN3/c1-2-10-3-5-11(6-4-10)15(19-18)13-9-12(16)7-8-14(13)17/h7-11,15,19H,2-6,17-18H2,1H3. The Hall–Kier alpha value is -1.13. The Bertz CT molecular complexity index is 414. The van der Waals surface area contributed by atoms with Crippen LogP contribution >= 0.6 is 0 Å². The molecule has 1 aromatic carbocycles. The Balaban J connectivity index is 2.14. The van der Waals surface area contributed by atoms with Gasteiger partial charge in [0.1, 0.15) is 5.82 Å². The van der Waals surface area contributed by atoms with Gasteiger partial charge in [-0.25, -0.2) is 4.39 Å². The average molecular weight is 265 g/mol. The van der Waals surface area contributed by atoms with Crippen LogP contribution in [-0.2, 0) is 0 Å². The number of benzene rings is 1. The summed E-state index contributed by atoms with van der Waals surface area (Å²) >= 11 is 0. The van der Waals surface area contributed by atoms with Gasteiger partial charge in [0.15, 0.2) is 0 Å². The minimum absolute atomic E-state index is 0.0477. The second kappa shape index (κ2) is 6.35. The van der Waals surface area contributed by atoms with E-state index in [-0.39, 0.29) is 11.9 Å². The number of hydrazine groups is 1. The van der Waals surface area contributed by atoms with Crippen LogP contribution in [0.1, 0.15) is 50.6 Å². The van der Waals surface area contributed by atoms with Gasteiger partial charge in [-0.2, -0.15) is 0 Å². The molecule has 0 amide bonds. The lowest BCUT2D eigenvalue weighted by molar-refractivity contribution is 0.219. The quantitative estimate of drug-likeness (QED) is 0.445. The number of nitrogens with two attached hydrogens (primary N) is 2. The molecule has 0 heterocycles. The molecule has 0 aliphatic heterocycles. The maximum atomic E-state index is 13.4. The molecule has 1 aliphatic carbocycles. The van der Waals surface area contributed by atoms with Crippen LogP contribution in [0.2, 0.25) is 0 Å². The first-order valence-corrected chi connectivity index (χ1v) is 7.16. The molecule has 4 heteroatoms. The first-order valence-electron chi connectivity index (χ1n) is 7.16. The van der Waals surface area contributed by atoms with Crippen LogP contribution in [0.5, 0.6) is 0 Å². The van der Waals surface area contributed by atoms with Crippen LogP contribution in [-0.4, -0.2) is 0 Å². The van der Waals surface area contributed by atoms with Crippen molar-refractivity contribution in [2.45, 2.75) is 45.1 Å². The highest BCUT2D eigenvalue weighted by Gasteiger charge is 2.28. The molecule has 0 bridgehead atoms. The molecule has 0 radical (unpaired) electrons. The number of hydrogen-bond donors (Lipinski definition) is 3. The zero-order valence-corrected chi connectivity index (χ0v) is 11.5. The molecule has 1 fully saturated rings. The second-order valence-corrected chi connectivity index (χ2v) is 5.61. The van der Waals surface area contributed by atoms with Gasteiger partial charge in [0, 0.05) is 5.69 Å². The Morgan fingerprint density at radius 1 is 1.32 bits per heavy atom. The van der Waals surface area contributed by atoms with E-state index in [0.29, 0.717) is 11.6 Å². The molecule has 1 aliphatic rings. The van der Waals surface area contributed by atoms with Crippen LogP contribution in [0.15, 0.2) is 18.2 Å². The molecule has 0 spiro atoms. The Morgan fingerprint density at radius 3 is 2.58 bits per heavy atom. The second-order valence-electron chi connectivity index (χ2n) is 5.61. The Morgan fingerprint density at radius 2 is 2.00 bits per heavy atom. The Labute approximate surface area is 114 Å². The van der Waals surface area contributed by atoms with Gasteiger partial charge < -0.3 is 5.73 Å². The summed E-state index contributed by atoms with van der Waals surface area (Å²) in [5.41, 5.74) is 10.2. The molecule has 1 saturated carbocycles. The normalized spacial score (nSPS) is 25.2. The lowest BCUT2D eigenvalue weighted by atomic mass is 9.76. The topological polar surface area (TPSA) is 64.1 Å². The van der Waals surface area contributed by atoms with Crippen molar-refractivity contribution in [3.8, 4) is 0 Å². The first kappa shape index (κ1) is 14.3. The molecule has 0 saturated heterocycles. The molecular formula is C15H24FN3. The van der Waals surface area contributed by atoms with E-state index < -0.39 is 0 Å². The fourth-order valence-corrected chi connectivity index (χ4v) is 3.22. The van der Waals surface area contributed by atoms with Crippen molar-refractivity contribution in [3.05, 3.63) is 29.6 Å². The molecule has 106 valence electrons. The molecular weight excluding hydrogens is 241 g/mol. The van der Waals surface area contributed by atoms with Gasteiger partial charge in [-0.05, 0) is 48.4 Å². The summed E-state index contributed by atoms with van der Waals surface area (Å²) in [6, 6.07) is 4.47. The third-order valence-corrected chi connectivity index (χ3v) is 4.50. The van der Waals surface area contributed by atoms with E-state index in [9.17, 15) is 4.39 Å². The maximum Gasteiger partial charge on any atom is 0.123 e. The first-order chi connectivity index (χ1) is 9.15. The van der Waals surface area contributed by atoms with E-state index in [1.165, 1.54) is 31.4 Å². The van der Waals surface area contributed by atoms with Gasteiger partial charge in [0.25, 0.3) is 0 Å². The lowest BCUT2D eigenvalue weighted by Crippen LogP contribution is -2.35. The van der Waals surface area contributed by atoms with E-state index in [0.717, 1.165) is 24.3 Å². The molecule has 19 heavy (non-hydrogen) atoms. The number of nitrogen functional groups attached to an aromatic ring is 1. The van der Waals surface area contributed by atoms with Gasteiger partial charge in [-0.1, -0.05) is 26.2 Å². The third-order valence-electron chi connectivity index (χ3n) is 4.50. The minimum atomic E-state index is -0.258. The summed E-state index contributed by atoms with van der Waals surface area (Å²) in [6.45, 7) is 2.24. The van der Waals surface area contributed by atoms with E-state index in [2.05, 4.69) is 12.3 Å². The Kier molecular flexibility index (Phi) is 4.77. The van der Waals surface area contributed by atoms with E-state index in [4.69, 9.17) is 11.6 Å². The van der Waals surface area contributed by atoms with Crippen LogP contribution in [0.25, 0.3) is 0 Å². The van der Waals surface area contributed by atoms with E-state index >= 15 is 0 Å². The predicted octanol–water partition coefficient (Wildman–Crippen LogP) is 3.13. The van der Waals surface area contributed by atoms with Gasteiger partial charge in [0.2, 0.25) is 0 Å². The van der Waals surface area contributed by atoms with E-state index in [1.54, 1.807) is 6.07 Å². The molecule has 1 aromatic rings. The van der Waals surface area contributed by atoms with Crippen molar-refractivity contribution in [1.29, 1.82) is 0 Å². The SMILES string of the molecule is CCC1CCC(C(NN)c2cc(F)ccc2N)CC1. The highest BCUT2D eigenvalue weighted by molar-refractivity contribution is 5.48. The number of halogens is 1. The van der Waals surface area contributed by atoms with E-state index in [1.807, 2.05) is 0 Å². The fourth-order valence-electron chi connectivity index (χ4n) is 3.22. The summed E-state index contributed by atoms with van der Waals surface area (Å²) in [6.07, 6.45) is 5.96. The summed E-state index contributed by atoms with van der Waals surface area (Å²) in [4.78, 5) is 0. The third kappa shape index (κ3) is 3.25.